The summed E-state index contributed by atoms with van der Waals surface area (Å²) in [5.74, 6) is 2.43. The van der Waals surface area contributed by atoms with Crippen LogP contribution in [0.1, 0.15) is 43.6 Å². The summed E-state index contributed by atoms with van der Waals surface area (Å²) in [6.07, 6.45) is 0.724. The molecule has 106 valence electrons. The van der Waals surface area contributed by atoms with Crippen molar-refractivity contribution in [1.29, 1.82) is 0 Å². The van der Waals surface area contributed by atoms with E-state index >= 15 is 0 Å². The van der Waals surface area contributed by atoms with Crippen molar-refractivity contribution in [1.82, 2.24) is 9.97 Å². The molecule has 2 aromatic rings. The van der Waals surface area contributed by atoms with Gasteiger partial charge in [-0.05, 0) is 24.5 Å². The molecule has 0 atom stereocenters. The maximum atomic E-state index is 6.14. The van der Waals surface area contributed by atoms with Gasteiger partial charge >= 0.3 is 0 Å². The molecule has 0 saturated carbocycles. The van der Waals surface area contributed by atoms with Gasteiger partial charge in [-0.15, -0.1) is 0 Å². The van der Waals surface area contributed by atoms with Gasteiger partial charge in [-0.3, -0.25) is 0 Å². The predicted molar refractivity (Wildman–Crippen MR) is 81.8 cm³/mol. The van der Waals surface area contributed by atoms with Crippen molar-refractivity contribution in [3.63, 3.8) is 0 Å². The van der Waals surface area contributed by atoms with Crippen LogP contribution in [0.5, 0.6) is 11.6 Å². The topological polar surface area (TPSA) is 35.0 Å². The number of nitrogens with zero attached hydrogens (tertiary/aromatic N) is 2. The zero-order valence-electron chi connectivity index (χ0n) is 12.3. The van der Waals surface area contributed by atoms with Crippen LogP contribution >= 0.6 is 11.6 Å². The number of aryl methyl sites for hydroxylation is 1. The summed E-state index contributed by atoms with van der Waals surface area (Å²) < 4.78 is 5.99. The Balaban J connectivity index is 2.42. The van der Waals surface area contributed by atoms with Crippen LogP contribution in [0.3, 0.4) is 0 Å². The molecule has 0 aliphatic carbocycles. The normalized spacial score (nSPS) is 10.9. The Hall–Kier alpha value is -1.61. The van der Waals surface area contributed by atoms with Crippen LogP contribution in [0.15, 0.2) is 24.3 Å². The second-order valence-corrected chi connectivity index (χ2v) is 5.37. The monoisotopic (exact) mass is 290 g/mol. The van der Waals surface area contributed by atoms with Gasteiger partial charge in [0, 0.05) is 12.0 Å². The smallest absolute Gasteiger partial charge is 0.227 e. The van der Waals surface area contributed by atoms with Crippen LogP contribution in [0, 0.1) is 6.92 Å². The second-order valence-electron chi connectivity index (χ2n) is 5.01. The van der Waals surface area contributed by atoms with Crippen molar-refractivity contribution in [3.05, 3.63) is 46.4 Å². The quantitative estimate of drug-likeness (QED) is 0.750. The molecule has 0 saturated heterocycles. The summed E-state index contributed by atoms with van der Waals surface area (Å²) in [5.41, 5.74) is 1.92. The van der Waals surface area contributed by atoms with Crippen molar-refractivity contribution in [3.8, 4) is 11.6 Å². The van der Waals surface area contributed by atoms with Crippen LogP contribution in [0.25, 0.3) is 0 Å². The molecule has 3 nitrogen and oxygen atoms in total. The van der Waals surface area contributed by atoms with E-state index in [1.165, 1.54) is 0 Å². The average molecular weight is 291 g/mol. The lowest BCUT2D eigenvalue weighted by atomic mass is 10.0. The predicted octanol–water partition coefficient (Wildman–Crippen LogP) is 4.92. The van der Waals surface area contributed by atoms with E-state index < -0.39 is 0 Å². The average Bonchev–Trinajstić information content (AvgIpc) is 2.44. The van der Waals surface area contributed by atoms with Gasteiger partial charge in [-0.2, -0.15) is 4.98 Å². The summed E-state index contributed by atoms with van der Waals surface area (Å²) in [5, 5.41) is 0.453. The van der Waals surface area contributed by atoms with Gasteiger partial charge in [-0.25, -0.2) is 4.98 Å². The lowest BCUT2D eigenvalue weighted by molar-refractivity contribution is 0.446. The zero-order valence-corrected chi connectivity index (χ0v) is 13.0. The first-order chi connectivity index (χ1) is 9.52. The molecule has 0 N–H and O–H groups in total. The first-order valence-corrected chi connectivity index (χ1v) is 7.20. The van der Waals surface area contributed by atoms with Crippen LogP contribution in [-0.2, 0) is 6.42 Å². The highest BCUT2D eigenvalue weighted by Gasteiger charge is 2.13. The minimum absolute atomic E-state index is 0.384. The van der Waals surface area contributed by atoms with E-state index in [1.54, 1.807) is 0 Å². The summed E-state index contributed by atoms with van der Waals surface area (Å²) >= 11 is 6.14. The van der Waals surface area contributed by atoms with E-state index in [4.69, 9.17) is 16.3 Å². The molecule has 2 rings (SSSR count). The molecular weight excluding hydrogens is 272 g/mol. The summed E-state index contributed by atoms with van der Waals surface area (Å²) in [6.45, 7) is 8.14. The molecule has 4 heteroatoms. The molecule has 0 bridgehead atoms. The van der Waals surface area contributed by atoms with E-state index in [1.807, 2.05) is 32.0 Å². The molecule has 0 amide bonds. The fourth-order valence-electron chi connectivity index (χ4n) is 1.92. The van der Waals surface area contributed by atoms with Gasteiger partial charge in [0.1, 0.15) is 16.7 Å². The van der Waals surface area contributed by atoms with E-state index in [9.17, 15) is 0 Å². The number of rotatable bonds is 4. The third-order valence-electron chi connectivity index (χ3n) is 3.15. The van der Waals surface area contributed by atoms with Crippen LogP contribution < -0.4 is 4.74 Å². The van der Waals surface area contributed by atoms with Crippen molar-refractivity contribution in [2.75, 3.05) is 0 Å². The summed E-state index contributed by atoms with van der Waals surface area (Å²) in [7, 11) is 0. The number of ether oxygens (including phenoxy) is 1. The molecule has 0 unspecified atom stereocenters. The largest absolute Gasteiger partial charge is 0.438 e. The molecule has 1 aromatic heterocycles. The number of hydrogen-bond donors (Lipinski definition) is 0. The maximum Gasteiger partial charge on any atom is 0.227 e. The highest BCUT2D eigenvalue weighted by molar-refractivity contribution is 6.30. The Morgan fingerprint density at radius 2 is 1.90 bits per heavy atom. The van der Waals surface area contributed by atoms with Gasteiger partial charge in [0.05, 0.1) is 0 Å². The third-order valence-corrected chi connectivity index (χ3v) is 3.52. The molecule has 0 aliphatic heterocycles. The first kappa shape index (κ1) is 14.8. The minimum Gasteiger partial charge on any atom is -0.438 e. The van der Waals surface area contributed by atoms with Crippen LogP contribution in [0.2, 0.25) is 5.15 Å². The minimum atomic E-state index is 0.384. The van der Waals surface area contributed by atoms with Crippen molar-refractivity contribution >= 4 is 11.6 Å². The molecule has 0 spiro atoms. The number of para-hydroxylation sites is 1. The lowest BCUT2D eigenvalue weighted by Gasteiger charge is -2.15. The first-order valence-electron chi connectivity index (χ1n) is 6.82. The van der Waals surface area contributed by atoms with E-state index in [0.29, 0.717) is 22.8 Å². The molecule has 1 heterocycles. The molecule has 0 radical (unpaired) electrons. The van der Waals surface area contributed by atoms with Crippen molar-refractivity contribution in [2.24, 2.45) is 0 Å². The Bertz CT molecular complexity index is 611. The van der Waals surface area contributed by atoms with Gasteiger partial charge < -0.3 is 4.74 Å². The summed E-state index contributed by atoms with van der Waals surface area (Å²) in [4.78, 5) is 8.65. The van der Waals surface area contributed by atoms with Gasteiger partial charge in [-0.1, -0.05) is 50.6 Å². The molecule has 0 aliphatic rings. The van der Waals surface area contributed by atoms with E-state index in [-0.39, 0.29) is 0 Å². The Morgan fingerprint density at radius 3 is 2.55 bits per heavy atom. The molecular formula is C16H19ClN2O. The van der Waals surface area contributed by atoms with E-state index in [0.717, 1.165) is 23.3 Å². The zero-order chi connectivity index (χ0) is 14.7. The van der Waals surface area contributed by atoms with Crippen molar-refractivity contribution < 1.29 is 4.74 Å². The third kappa shape index (κ3) is 3.10. The standard InChI is InChI=1S/C16H19ClN2O/c1-5-14-18-15(17)11(4)16(19-14)20-13-9-7-6-8-12(13)10(2)3/h6-10H,5H2,1-4H3. The van der Waals surface area contributed by atoms with Gasteiger partial charge in [0.25, 0.3) is 0 Å². The molecule has 20 heavy (non-hydrogen) atoms. The van der Waals surface area contributed by atoms with Crippen molar-refractivity contribution in [2.45, 2.75) is 40.0 Å². The summed E-state index contributed by atoms with van der Waals surface area (Å²) in [6, 6.07) is 7.99. The SMILES string of the molecule is CCc1nc(Cl)c(C)c(Oc2ccccc2C(C)C)n1. The number of aromatic nitrogens is 2. The van der Waals surface area contributed by atoms with Crippen LogP contribution in [0.4, 0.5) is 0 Å². The fourth-order valence-corrected chi connectivity index (χ4v) is 2.10. The Morgan fingerprint density at radius 1 is 1.20 bits per heavy atom. The maximum absolute atomic E-state index is 6.14. The van der Waals surface area contributed by atoms with Gasteiger partial charge in [0.2, 0.25) is 5.88 Å². The fraction of sp³-hybridized carbons (Fsp3) is 0.375. The van der Waals surface area contributed by atoms with Crippen LogP contribution in [-0.4, -0.2) is 9.97 Å². The second kappa shape index (κ2) is 6.23. The number of hydrogen-bond acceptors (Lipinski definition) is 3. The Kier molecular flexibility index (Phi) is 4.61. The lowest BCUT2D eigenvalue weighted by Crippen LogP contribution is -2.01. The Labute approximate surface area is 125 Å². The highest BCUT2D eigenvalue weighted by Crippen LogP contribution is 2.32. The number of halogens is 1. The van der Waals surface area contributed by atoms with E-state index in [2.05, 4.69) is 29.9 Å². The van der Waals surface area contributed by atoms with Gasteiger partial charge in [0.15, 0.2) is 0 Å². The molecule has 0 fully saturated rings. The number of benzene rings is 1. The molecule has 1 aromatic carbocycles. The highest BCUT2D eigenvalue weighted by atomic mass is 35.5.